The highest BCUT2D eigenvalue weighted by Crippen LogP contribution is 2.36. The molecule has 0 atom stereocenters. The maximum Gasteiger partial charge on any atom is 0.515 e. The molecule has 2 aromatic carbocycles. The summed E-state index contributed by atoms with van der Waals surface area (Å²) in [7, 11) is 1.55. The number of H-pyrrole nitrogens is 1. The Morgan fingerprint density at radius 3 is 2.38 bits per heavy atom. The third kappa shape index (κ3) is 4.79. The highest BCUT2D eigenvalue weighted by atomic mass is 16.7. The predicted octanol–water partition coefficient (Wildman–Crippen LogP) is 5.37. The van der Waals surface area contributed by atoms with Crippen molar-refractivity contribution < 1.29 is 33.3 Å². The molecule has 0 bridgehead atoms. The fourth-order valence-electron chi connectivity index (χ4n) is 3.59. The van der Waals surface area contributed by atoms with Crippen molar-refractivity contribution in [2.24, 2.45) is 0 Å². The summed E-state index contributed by atoms with van der Waals surface area (Å²) in [6, 6.07) is 12.3. The lowest BCUT2D eigenvalue weighted by Gasteiger charge is -2.10. The van der Waals surface area contributed by atoms with Gasteiger partial charge in [0.05, 0.1) is 42.7 Å². The van der Waals surface area contributed by atoms with Crippen LogP contribution in [0.2, 0.25) is 0 Å². The van der Waals surface area contributed by atoms with Gasteiger partial charge in [-0.1, -0.05) is 0 Å². The quantitative estimate of drug-likeness (QED) is 0.347. The van der Waals surface area contributed by atoms with Gasteiger partial charge in [-0.05, 0) is 56.3 Å². The van der Waals surface area contributed by atoms with E-state index in [-0.39, 0.29) is 25.1 Å². The summed E-state index contributed by atoms with van der Waals surface area (Å²) in [5.74, 6) is 0.895. The van der Waals surface area contributed by atoms with E-state index in [1.807, 2.05) is 18.2 Å². The van der Waals surface area contributed by atoms with E-state index in [9.17, 15) is 9.59 Å². The number of hydrogen-bond acceptors (Lipinski definition) is 8. The highest BCUT2D eigenvalue weighted by Gasteiger charge is 2.19. The molecule has 0 radical (unpaired) electrons. The molecular weight excluding hydrogens is 440 g/mol. The maximum absolute atomic E-state index is 11.9. The van der Waals surface area contributed by atoms with Crippen LogP contribution in [0.1, 0.15) is 29.8 Å². The molecule has 4 aromatic rings. The fraction of sp³-hybridized carbons (Fsp3) is 0.240. The van der Waals surface area contributed by atoms with Gasteiger partial charge in [0.25, 0.3) is 0 Å². The van der Waals surface area contributed by atoms with E-state index in [1.54, 1.807) is 51.4 Å². The van der Waals surface area contributed by atoms with Crippen LogP contribution in [0.15, 0.2) is 48.7 Å². The fourth-order valence-corrected chi connectivity index (χ4v) is 3.59. The molecule has 0 aliphatic rings. The topological polar surface area (TPSA) is 109 Å². The number of carbonyl (C=O) groups is 2. The third-order valence-corrected chi connectivity index (χ3v) is 5.00. The number of nitrogens with one attached hydrogen (secondary N) is 1. The van der Waals surface area contributed by atoms with Crippen LogP contribution in [0.4, 0.5) is 4.79 Å². The molecule has 9 heteroatoms. The predicted molar refractivity (Wildman–Crippen MR) is 124 cm³/mol. The standard InChI is InChI=1S/C25H24N2O7/c1-4-31-24(28)15-6-8-16(9-7-15)33-17-10-11-20-18(12-17)22-19(14-30-3)23(26-13-21(22)27-20)34-25(29)32-5-2/h6-13,27H,4-5,14H2,1-3H3. The molecule has 0 unspecified atom stereocenters. The van der Waals surface area contributed by atoms with Crippen LogP contribution in [0.25, 0.3) is 21.8 Å². The Morgan fingerprint density at radius 2 is 1.68 bits per heavy atom. The van der Waals surface area contributed by atoms with Crippen molar-refractivity contribution in [2.75, 3.05) is 20.3 Å². The first-order valence-electron chi connectivity index (χ1n) is 10.8. The number of benzene rings is 2. The first kappa shape index (κ1) is 23.1. The Bertz CT molecular complexity index is 1330. The molecule has 0 fully saturated rings. The van der Waals surface area contributed by atoms with E-state index in [0.29, 0.717) is 29.2 Å². The summed E-state index contributed by atoms with van der Waals surface area (Å²) < 4.78 is 26.6. The molecule has 9 nitrogen and oxygen atoms in total. The Hall–Kier alpha value is -4.11. The lowest BCUT2D eigenvalue weighted by Crippen LogP contribution is -2.12. The van der Waals surface area contributed by atoms with Gasteiger partial charge in [0.1, 0.15) is 11.5 Å². The molecule has 2 heterocycles. The minimum atomic E-state index is -0.832. The summed E-state index contributed by atoms with van der Waals surface area (Å²) in [6.07, 6.45) is 0.763. The summed E-state index contributed by atoms with van der Waals surface area (Å²) in [6.45, 7) is 4.13. The van der Waals surface area contributed by atoms with E-state index < -0.39 is 6.16 Å². The SMILES string of the molecule is CCOC(=O)Oc1ncc2[nH]c3ccc(Oc4ccc(C(=O)OCC)cc4)cc3c2c1COC. The van der Waals surface area contributed by atoms with Crippen LogP contribution < -0.4 is 9.47 Å². The average Bonchev–Trinajstić information content (AvgIpc) is 3.19. The normalized spacial score (nSPS) is 10.9. The Morgan fingerprint density at radius 1 is 0.941 bits per heavy atom. The lowest BCUT2D eigenvalue weighted by atomic mass is 10.1. The minimum Gasteiger partial charge on any atom is -0.462 e. The number of aromatic amines is 1. The van der Waals surface area contributed by atoms with Crippen molar-refractivity contribution >= 4 is 33.9 Å². The highest BCUT2D eigenvalue weighted by molar-refractivity contribution is 6.09. The number of aromatic nitrogens is 2. The average molecular weight is 464 g/mol. The number of fused-ring (bicyclic) bond motifs is 3. The Balaban J connectivity index is 1.70. The molecule has 0 saturated carbocycles. The van der Waals surface area contributed by atoms with Crippen molar-refractivity contribution in [1.82, 2.24) is 9.97 Å². The van der Waals surface area contributed by atoms with Gasteiger partial charge < -0.3 is 28.7 Å². The van der Waals surface area contributed by atoms with Crippen LogP contribution in [0.3, 0.4) is 0 Å². The number of carbonyl (C=O) groups excluding carboxylic acids is 2. The van der Waals surface area contributed by atoms with Gasteiger partial charge in [-0.3, -0.25) is 0 Å². The molecule has 176 valence electrons. The second-order valence-corrected chi connectivity index (χ2v) is 7.23. The monoisotopic (exact) mass is 464 g/mol. The maximum atomic E-state index is 11.9. The van der Waals surface area contributed by atoms with E-state index in [4.69, 9.17) is 23.7 Å². The molecule has 4 rings (SSSR count). The summed E-state index contributed by atoms with van der Waals surface area (Å²) in [4.78, 5) is 31.3. The van der Waals surface area contributed by atoms with Crippen molar-refractivity contribution in [2.45, 2.75) is 20.5 Å². The number of esters is 1. The van der Waals surface area contributed by atoms with Gasteiger partial charge in [-0.15, -0.1) is 0 Å². The lowest BCUT2D eigenvalue weighted by molar-refractivity contribution is 0.0526. The zero-order valence-corrected chi connectivity index (χ0v) is 19.0. The number of methoxy groups -OCH3 is 1. The van der Waals surface area contributed by atoms with E-state index in [1.165, 1.54) is 0 Å². The molecule has 0 aliphatic carbocycles. The molecule has 0 aliphatic heterocycles. The van der Waals surface area contributed by atoms with Crippen molar-refractivity contribution in [3.63, 3.8) is 0 Å². The van der Waals surface area contributed by atoms with Crippen molar-refractivity contribution in [3.8, 4) is 17.4 Å². The Kier molecular flexibility index (Phi) is 6.93. The number of hydrogen-bond donors (Lipinski definition) is 1. The molecule has 0 amide bonds. The van der Waals surface area contributed by atoms with Gasteiger partial charge in [-0.2, -0.15) is 0 Å². The van der Waals surface area contributed by atoms with Gasteiger partial charge >= 0.3 is 12.1 Å². The van der Waals surface area contributed by atoms with E-state index in [2.05, 4.69) is 9.97 Å². The van der Waals surface area contributed by atoms with Gasteiger partial charge in [0.2, 0.25) is 5.88 Å². The first-order chi connectivity index (χ1) is 16.5. The summed E-state index contributed by atoms with van der Waals surface area (Å²) in [5, 5.41) is 1.65. The molecule has 0 spiro atoms. The number of ether oxygens (including phenoxy) is 5. The van der Waals surface area contributed by atoms with Crippen LogP contribution in [-0.2, 0) is 20.8 Å². The van der Waals surface area contributed by atoms with Crippen molar-refractivity contribution in [3.05, 3.63) is 59.8 Å². The third-order valence-electron chi connectivity index (χ3n) is 5.00. The van der Waals surface area contributed by atoms with Crippen molar-refractivity contribution in [1.29, 1.82) is 0 Å². The van der Waals surface area contributed by atoms with Crippen LogP contribution in [0, 0.1) is 0 Å². The number of nitrogens with zero attached hydrogens (tertiary/aromatic N) is 1. The summed E-state index contributed by atoms with van der Waals surface area (Å²) >= 11 is 0. The molecule has 2 aromatic heterocycles. The minimum absolute atomic E-state index is 0.120. The zero-order valence-electron chi connectivity index (χ0n) is 19.0. The van der Waals surface area contributed by atoms with Crippen LogP contribution >= 0.6 is 0 Å². The second kappa shape index (κ2) is 10.2. The first-order valence-corrected chi connectivity index (χ1v) is 10.8. The smallest absolute Gasteiger partial charge is 0.462 e. The Labute approximate surface area is 195 Å². The molecular formula is C25H24N2O7. The largest absolute Gasteiger partial charge is 0.515 e. The number of pyridine rings is 1. The van der Waals surface area contributed by atoms with E-state index >= 15 is 0 Å². The molecule has 34 heavy (non-hydrogen) atoms. The van der Waals surface area contributed by atoms with Crippen LogP contribution in [-0.4, -0.2) is 42.4 Å². The molecule has 1 N–H and O–H groups in total. The second-order valence-electron chi connectivity index (χ2n) is 7.23. The van der Waals surface area contributed by atoms with Gasteiger partial charge in [0.15, 0.2) is 0 Å². The van der Waals surface area contributed by atoms with Gasteiger partial charge in [-0.25, -0.2) is 14.6 Å². The zero-order chi connectivity index (χ0) is 24.1. The van der Waals surface area contributed by atoms with Gasteiger partial charge in [0, 0.05) is 23.4 Å². The number of rotatable bonds is 8. The molecule has 0 saturated heterocycles. The van der Waals surface area contributed by atoms with Crippen LogP contribution in [0.5, 0.6) is 17.4 Å². The summed E-state index contributed by atoms with van der Waals surface area (Å²) in [5.41, 5.74) is 2.67. The van der Waals surface area contributed by atoms with E-state index in [0.717, 1.165) is 21.8 Å².